The van der Waals surface area contributed by atoms with Gasteiger partial charge in [-0.05, 0) is 11.1 Å². The molecule has 2 aromatic carbocycles. The molecule has 0 unspecified atom stereocenters. The summed E-state index contributed by atoms with van der Waals surface area (Å²) < 4.78 is 0. The maximum atomic E-state index is 2.19. The first-order chi connectivity index (χ1) is 7.38. The highest BCUT2D eigenvalue weighted by atomic mass is 28.1. The number of benzene rings is 2. The predicted molar refractivity (Wildman–Crippen MR) is 72.3 cm³/mol. The molecule has 0 spiro atoms. The third-order valence-electron chi connectivity index (χ3n) is 1.88. The lowest BCUT2D eigenvalue weighted by molar-refractivity contribution is 1.48. The van der Waals surface area contributed by atoms with Crippen LogP contribution in [0.25, 0.3) is 11.1 Å². The van der Waals surface area contributed by atoms with E-state index in [4.69, 9.17) is 0 Å². The monoisotopic (exact) mass is 214 g/mol. The zero-order valence-electron chi connectivity index (χ0n) is 9.48. The molecule has 15 heavy (non-hydrogen) atoms. The summed E-state index contributed by atoms with van der Waals surface area (Å²) in [6.45, 7) is 2.19. The van der Waals surface area contributed by atoms with Gasteiger partial charge in [-0.25, -0.2) is 0 Å². The molecule has 0 amide bonds. The van der Waals surface area contributed by atoms with Gasteiger partial charge in [0, 0.05) is 10.2 Å². The molecule has 0 aliphatic rings. The second-order valence-electron chi connectivity index (χ2n) is 3.44. The molecular weight excluding hydrogens is 196 g/mol. The van der Waals surface area contributed by atoms with Crippen molar-refractivity contribution >= 4 is 10.2 Å². The molecule has 0 saturated heterocycles. The van der Waals surface area contributed by atoms with Crippen LogP contribution in [0.5, 0.6) is 0 Å². The van der Waals surface area contributed by atoms with Crippen molar-refractivity contribution in [2.45, 2.75) is 13.0 Å². The van der Waals surface area contributed by atoms with E-state index in [2.05, 4.69) is 55.5 Å². The highest BCUT2D eigenvalue weighted by Crippen LogP contribution is 2.17. The van der Waals surface area contributed by atoms with Crippen molar-refractivity contribution in [2.24, 2.45) is 0 Å². The standard InChI is InChI=1S/C12H10.C2H8Si/c1-3-7-11(8-4-1)12-9-5-2-6-10-12;1-2-3/h1-10H;2H2,1,3H3. The van der Waals surface area contributed by atoms with Gasteiger partial charge in [-0.15, -0.1) is 0 Å². The van der Waals surface area contributed by atoms with E-state index in [9.17, 15) is 0 Å². The minimum absolute atomic E-state index is 1.28. The molecule has 0 saturated carbocycles. The molecule has 0 bridgehead atoms. The highest BCUT2D eigenvalue weighted by molar-refractivity contribution is 6.08. The van der Waals surface area contributed by atoms with Gasteiger partial charge in [0.25, 0.3) is 0 Å². The fraction of sp³-hybridized carbons (Fsp3) is 0.143. The van der Waals surface area contributed by atoms with Gasteiger partial charge in [-0.1, -0.05) is 73.6 Å². The Morgan fingerprint density at radius 1 is 0.733 bits per heavy atom. The maximum Gasteiger partial charge on any atom is 0.00244 e. The summed E-state index contributed by atoms with van der Waals surface area (Å²) in [6, 6.07) is 22.2. The Balaban J connectivity index is 0.000000337. The van der Waals surface area contributed by atoms with Crippen LogP contribution in [0.4, 0.5) is 0 Å². The lowest BCUT2D eigenvalue weighted by atomic mass is 10.1. The van der Waals surface area contributed by atoms with Crippen LogP contribution in [0.3, 0.4) is 0 Å². The molecule has 78 valence electrons. The molecule has 0 atom stereocenters. The topological polar surface area (TPSA) is 0 Å². The van der Waals surface area contributed by atoms with Gasteiger partial charge >= 0.3 is 0 Å². The average Bonchev–Trinajstić information content (AvgIpc) is 2.32. The van der Waals surface area contributed by atoms with E-state index >= 15 is 0 Å². The minimum Gasteiger partial charge on any atom is -0.0686 e. The normalized spacial score (nSPS) is 9.13. The third-order valence-corrected chi connectivity index (χ3v) is 1.88. The largest absolute Gasteiger partial charge is 0.0686 e. The fourth-order valence-corrected chi connectivity index (χ4v) is 1.26. The van der Waals surface area contributed by atoms with Gasteiger partial charge in [-0.3, -0.25) is 0 Å². The SMILES string of the molecule is CC[SiH3].c1ccc(-c2ccccc2)cc1. The first-order valence-electron chi connectivity index (χ1n) is 5.49. The van der Waals surface area contributed by atoms with E-state index in [1.54, 1.807) is 0 Å². The summed E-state index contributed by atoms with van der Waals surface area (Å²) in [5, 5.41) is 0. The van der Waals surface area contributed by atoms with E-state index < -0.39 is 0 Å². The van der Waals surface area contributed by atoms with Gasteiger partial charge in [0.2, 0.25) is 0 Å². The van der Waals surface area contributed by atoms with Crippen LogP contribution in [0.15, 0.2) is 60.7 Å². The molecule has 0 N–H and O–H groups in total. The smallest absolute Gasteiger partial charge is 0.00244 e. The summed E-state index contributed by atoms with van der Waals surface area (Å²) in [4.78, 5) is 0. The molecule has 0 radical (unpaired) electrons. The van der Waals surface area contributed by atoms with Crippen LogP contribution < -0.4 is 0 Å². The summed E-state index contributed by atoms with van der Waals surface area (Å²) in [5.74, 6) is 0. The Bertz CT molecular complexity index is 316. The van der Waals surface area contributed by atoms with Crippen LogP contribution in [0, 0.1) is 0 Å². The lowest BCUT2D eigenvalue weighted by Crippen LogP contribution is -1.73. The van der Waals surface area contributed by atoms with Crippen LogP contribution in [-0.2, 0) is 0 Å². The summed E-state index contributed by atoms with van der Waals surface area (Å²) in [5.41, 5.74) is 2.55. The molecule has 0 heterocycles. The third kappa shape index (κ3) is 4.13. The van der Waals surface area contributed by atoms with Crippen molar-refractivity contribution in [3.63, 3.8) is 0 Å². The average molecular weight is 214 g/mol. The molecule has 0 aliphatic carbocycles. The lowest BCUT2D eigenvalue weighted by Gasteiger charge is -1.98. The van der Waals surface area contributed by atoms with Crippen molar-refractivity contribution < 1.29 is 0 Å². The molecule has 0 aliphatic heterocycles. The Labute approximate surface area is 95.4 Å². The van der Waals surface area contributed by atoms with Crippen molar-refractivity contribution in [1.82, 2.24) is 0 Å². The molecule has 0 nitrogen and oxygen atoms in total. The van der Waals surface area contributed by atoms with Gasteiger partial charge in [0.15, 0.2) is 0 Å². The Morgan fingerprint density at radius 2 is 1.00 bits per heavy atom. The minimum atomic E-state index is 1.28. The molecular formula is C14H18Si. The van der Waals surface area contributed by atoms with E-state index in [0.717, 1.165) is 0 Å². The van der Waals surface area contributed by atoms with E-state index in [0.29, 0.717) is 0 Å². The molecule has 0 aromatic heterocycles. The van der Waals surface area contributed by atoms with Crippen molar-refractivity contribution in [3.8, 4) is 11.1 Å². The molecule has 2 rings (SSSR count). The Kier molecular flexibility index (Phi) is 5.49. The Morgan fingerprint density at radius 3 is 1.27 bits per heavy atom. The quantitative estimate of drug-likeness (QED) is 0.640. The first-order valence-corrected chi connectivity index (χ1v) is 6.90. The van der Waals surface area contributed by atoms with Gasteiger partial charge in [-0.2, -0.15) is 0 Å². The van der Waals surface area contributed by atoms with Crippen molar-refractivity contribution in [1.29, 1.82) is 0 Å². The summed E-state index contributed by atoms with van der Waals surface area (Å²) >= 11 is 0. The van der Waals surface area contributed by atoms with Crippen molar-refractivity contribution in [3.05, 3.63) is 60.7 Å². The summed E-state index contributed by atoms with van der Waals surface area (Å²) in [6.07, 6.45) is 0. The molecule has 1 heteroatoms. The Hall–Kier alpha value is -1.34. The van der Waals surface area contributed by atoms with Crippen LogP contribution in [0.1, 0.15) is 6.92 Å². The molecule has 0 fully saturated rings. The fourth-order valence-electron chi connectivity index (χ4n) is 1.26. The zero-order chi connectivity index (χ0) is 10.9. The highest BCUT2D eigenvalue weighted by Gasteiger charge is 1.91. The second-order valence-corrected chi connectivity index (χ2v) is 4.85. The number of rotatable bonds is 1. The van der Waals surface area contributed by atoms with Crippen LogP contribution in [0.2, 0.25) is 6.04 Å². The number of hydrogen-bond donors (Lipinski definition) is 0. The van der Waals surface area contributed by atoms with Crippen LogP contribution >= 0.6 is 0 Å². The predicted octanol–water partition coefficient (Wildman–Crippen LogP) is 3.14. The maximum absolute atomic E-state index is 2.19. The van der Waals surface area contributed by atoms with E-state index in [1.165, 1.54) is 27.4 Å². The van der Waals surface area contributed by atoms with E-state index in [1.807, 2.05) is 12.1 Å². The number of hydrogen-bond acceptors (Lipinski definition) is 0. The van der Waals surface area contributed by atoms with Crippen LogP contribution in [-0.4, -0.2) is 10.2 Å². The van der Waals surface area contributed by atoms with Gasteiger partial charge < -0.3 is 0 Å². The first kappa shape index (κ1) is 11.7. The van der Waals surface area contributed by atoms with Gasteiger partial charge in [0.1, 0.15) is 0 Å². The van der Waals surface area contributed by atoms with Crippen molar-refractivity contribution in [2.75, 3.05) is 0 Å². The van der Waals surface area contributed by atoms with Gasteiger partial charge in [0.05, 0.1) is 0 Å². The molecule has 2 aromatic rings. The second kappa shape index (κ2) is 7.02. The zero-order valence-corrected chi connectivity index (χ0v) is 11.5. The van der Waals surface area contributed by atoms with E-state index in [-0.39, 0.29) is 0 Å². The summed E-state index contributed by atoms with van der Waals surface area (Å²) in [7, 11) is 1.37.